The van der Waals surface area contributed by atoms with Crippen molar-refractivity contribution in [1.29, 1.82) is 0 Å². The molecule has 0 bridgehead atoms. The van der Waals surface area contributed by atoms with Gasteiger partial charge in [0.2, 0.25) is 0 Å². The first-order chi connectivity index (χ1) is 9.93. The zero-order valence-electron chi connectivity index (χ0n) is 14.2. The molecule has 0 unspecified atom stereocenters. The van der Waals surface area contributed by atoms with Crippen LogP contribution in [0.25, 0.3) is 0 Å². The Hall–Kier alpha value is -1.03. The van der Waals surface area contributed by atoms with E-state index in [-0.39, 0.29) is 35.1 Å². The molecule has 0 spiro atoms. The van der Waals surface area contributed by atoms with E-state index in [0.717, 1.165) is 18.4 Å². The summed E-state index contributed by atoms with van der Waals surface area (Å²) in [6.07, 6.45) is 7.03. The molecule has 0 aromatic heterocycles. The van der Waals surface area contributed by atoms with Crippen molar-refractivity contribution in [2.45, 2.75) is 40.0 Å². The molecule has 4 heteroatoms. The molecule has 0 N–H and O–H groups in total. The van der Waals surface area contributed by atoms with Gasteiger partial charge >= 0.3 is 29.6 Å². The largest absolute Gasteiger partial charge is 1.00 e. The minimum absolute atomic E-state index is 0. The maximum Gasteiger partial charge on any atom is 1.00 e. The molecule has 0 radical (unpaired) electrons. The van der Waals surface area contributed by atoms with E-state index in [2.05, 4.69) is 32.9 Å². The quantitative estimate of drug-likeness (QED) is 0.537. The van der Waals surface area contributed by atoms with Gasteiger partial charge in [0.15, 0.2) is 0 Å². The molecule has 0 aliphatic carbocycles. The van der Waals surface area contributed by atoms with E-state index in [9.17, 15) is 9.90 Å². The summed E-state index contributed by atoms with van der Waals surface area (Å²) in [6, 6.07) is 4.80. The summed E-state index contributed by atoms with van der Waals surface area (Å²) in [5.74, 6) is -0.462. The average Bonchev–Trinajstić information content (AvgIpc) is 2.44. The van der Waals surface area contributed by atoms with Gasteiger partial charge < -0.3 is 14.6 Å². The molecule has 0 aliphatic heterocycles. The van der Waals surface area contributed by atoms with Gasteiger partial charge in [0.1, 0.15) is 5.75 Å². The van der Waals surface area contributed by atoms with Crippen molar-refractivity contribution in [3.05, 3.63) is 52.6 Å². The molecular weight excluding hydrogens is 287 g/mol. The van der Waals surface area contributed by atoms with E-state index >= 15 is 0 Å². The number of rotatable bonds is 7. The molecule has 1 rings (SSSR count). The first-order valence-electron chi connectivity index (χ1n) is 7.11. The normalized spacial score (nSPS) is 10.6. The summed E-state index contributed by atoms with van der Waals surface area (Å²) in [4.78, 5) is 10.9. The van der Waals surface area contributed by atoms with Crippen LogP contribution in [0.2, 0.25) is 0 Å². The van der Waals surface area contributed by atoms with Crippen LogP contribution in [0, 0.1) is 0 Å². The third-order valence-electron chi connectivity index (χ3n) is 3.28. The number of allylic oxidation sites excluding steroid dienone is 4. The van der Waals surface area contributed by atoms with Crippen LogP contribution in [0.1, 0.15) is 49.5 Å². The molecular formula is C18H23NaO3. The van der Waals surface area contributed by atoms with Gasteiger partial charge in [0.05, 0.1) is 13.1 Å². The number of benzene rings is 1. The standard InChI is InChI=1S/C18H24O3.Na/c1-13(2)6-5-7-14(3)8-9-15-12-16(18(19)20)10-11-17(15)21-4;/h6,8,10-12H,5,7,9H2,1-4H3,(H,19,20);/q;+1/p-1/b14-8+;. The number of methoxy groups -OCH3 is 1. The van der Waals surface area contributed by atoms with Gasteiger partial charge in [0, 0.05) is 0 Å². The van der Waals surface area contributed by atoms with E-state index in [1.54, 1.807) is 19.2 Å². The maximum absolute atomic E-state index is 10.9. The molecule has 0 atom stereocenters. The number of hydrogen-bond donors (Lipinski definition) is 0. The second-order valence-corrected chi connectivity index (χ2v) is 5.39. The van der Waals surface area contributed by atoms with Crippen molar-refractivity contribution in [3.8, 4) is 5.75 Å². The van der Waals surface area contributed by atoms with Crippen molar-refractivity contribution in [2.75, 3.05) is 7.11 Å². The van der Waals surface area contributed by atoms with Gasteiger partial charge in [-0.1, -0.05) is 23.3 Å². The Morgan fingerprint density at radius 1 is 1.23 bits per heavy atom. The number of carboxylic acid groups (broad SMARTS) is 1. The van der Waals surface area contributed by atoms with E-state index < -0.39 is 5.97 Å². The molecule has 3 nitrogen and oxygen atoms in total. The molecule has 0 heterocycles. The van der Waals surface area contributed by atoms with Crippen LogP contribution in [0.3, 0.4) is 0 Å². The second-order valence-electron chi connectivity index (χ2n) is 5.39. The summed E-state index contributed by atoms with van der Waals surface area (Å²) in [5.41, 5.74) is 3.65. The third kappa shape index (κ3) is 7.30. The molecule has 0 fully saturated rings. The number of hydrogen-bond acceptors (Lipinski definition) is 3. The molecule has 1 aromatic rings. The number of carboxylic acids is 1. The maximum atomic E-state index is 10.9. The van der Waals surface area contributed by atoms with Crippen molar-refractivity contribution < 1.29 is 44.2 Å². The van der Waals surface area contributed by atoms with Crippen LogP contribution < -0.4 is 39.4 Å². The minimum Gasteiger partial charge on any atom is -0.545 e. The smallest absolute Gasteiger partial charge is 0.545 e. The minimum atomic E-state index is -1.16. The Balaban J connectivity index is 0.00000441. The van der Waals surface area contributed by atoms with Gasteiger partial charge in [-0.25, -0.2) is 0 Å². The molecule has 22 heavy (non-hydrogen) atoms. The van der Waals surface area contributed by atoms with Gasteiger partial charge in [-0.2, -0.15) is 0 Å². The first-order valence-corrected chi connectivity index (χ1v) is 7.11. The fourth-order valence-corrected chi connectivity index (χ4v) is 2.04. The SMILES string of the molecule is COc1ccc(C(=O)[O-])cc1C/C=C(\C)CCC=C(C)C.[Na+]. The van der Waals surface area contributed by atoms with Crippen LogP contribution in [-0.2, 0) is 6.42 Å². The fraction of sp³-hybridized carbons (Fsp3) is 0.389. The van der Waals surface area contributed by atoms with Crippen LogP contribution in [0.5, 0.6) is 5.75 Å². The second kappa shape index (κ2) is 10.7. The van der Waals surface area contributed by atoms with Crippen molar-refractivity contribution in [2.24, 2.45) is 0 Å². The number of carbonyl (C=O) groups excluding carboxylic acids is 1. The molecule has 0 aliphatic rings. The third-order valence-corrected chi connectivity index (χ3v) is 3.28. The molecule has 0 amide bonds. The van der Waals surface area contributed by atoms with Crippen molar-refractivity contribution in [1.82, 2.24) is 0 Å². The van der Waals surface area contributed by atoms with E-state index in [0.29, 0.717) is 12.2 Å². The van der Waals surface area contributed by atoms with Gasteiger partial charge in [0.25, 0.3) is 0 Å². The van der Waals surface area contributed by atoms with E-state index in [1.807, 2.05) is 0 Å². The molecule has 114 valence electrons. The van der Waals surface area contributed by atoms with Crippen LogP contribution in [-0.4, -0.2) is 13.1 Å². The summed E-state index contributed by atoms with van der Waals surface area (Å²) in [7, 11) is 1.59. The van der Waals surface area contributed by atoms with Crippen LogP contribution >= 0.6 is 0 Å². The van der Waals surface area contributed by atoms with Crippen molar-refractivity contribution >= 4 is 5.97 Å². The van der Waals surface area contributed by atoms with Gasteiger partial charge in [-0.3, -0.25) is 0 Å². The zero-order chi connectivity index (χ0) is 15.8. The monoisotopic (exact) mass is 310 g/mol. The van der Waals surface area contributed by atoms with Crippen LogP contribution in [0.15, 0.2) is 41.5 Å². The molecule has 1 aromatic carbocycles. The van der Waals surface area contributed by atoms with Gasteiger partial charge in [-0.05, 0) is 69.4 Å². The number of carbonyl (C=O) groups is 1. The Bertz CT molecular complexity index is 555. The Labute approximate surface area is 155 Å². The Morgan fingerprint density at radius 3 is 2.45 bits per heavy atom. The Kier molecular flexibility index (Phi) is 10.2. The van der Waals surface area contributed by atoms with Gasteiger partial charge in [-0.15, -0.1) is 0 Å². The first kappa shape index (κ1) is 21.0. The molecule has 0 saturated heterocycles. The van der Waals surface area contributed by atoms with Crippen molar-refractivity contribution in [3.63, 3.8) is 0 Å². The average molecular weight is 310 g/mol. The van der Waals surface area contributed by atoms with E-state index in [4.69, 9.17) is 4.74 Å². The summed E-state index contributed by atoms with van der Waals surface area (Å²) in [5, 5.41) is 10.9. The summed E-state index contributed by atoms with van der Waals surface area (Å²) < 4.78 is 5.27. The molecule has 0 saturated carbocycles. The van der Waals surface area contributed by atoms with E-state index in [1.165, 1.54) is 17.2 Å². The topological polar surface area (TPSA) is 49.4 Å². The zero-order valence-corrected chi connectivity index (χ0v) is 16.2. The van der Waals surface area contributed by atoms with Crippen LogP contribution in [0.4, 0.5) is 0 Å². The summed E-state index contributed by atoms with van der Waals surface area (Å²) in [6.45, 7) is 6.28. The number of ether oxygens (including phenoxy) is 1. The Morgan fingerprint density at radius 2 is 1.91 bits per heavy atom. The number of aromatic carboxylic acids is 1. The summed E-state index contributed by atoms with van der Waals surface area (Å²) >= 11 is 0. The predicted octanol–water partition coefficient (Wildman–Crippen LogP) is 0.298. The predicted molar refractivity (Wildman–Crippen MR) is 83.5 cm³/mol. The fourth-order valence-electron chi connectivity index (χ4n) is 2.04.